The topological polar surface area (TPSA) is 72.2 Å². The first-order valence-electron chi connectivity index (χ1n) is 6.39. The van der Waals surface area contributed by atoms with E-state index < -0.39 is 10.0 Å². The fourth-order valence-electron chi connectivity index (χ4n) is 2.42. The van der Waals surface area contributed by atoms with E-state index in [4.69, 9.17) is 18.0 Å². The highest BCUT2D eigenvalue weighted by Gasteiger charge is 2.22. The van der Waals surface area contributed by atoms with Crippen LogP contribution in [0.5, 0.6) is 0 Å². The summed E-state index contributed by atoms with van der Waals surface area (Å²) in [6, 6.07) is 6.56. The lowest BCUT2D eigenvalue weighted by Crippen LogP contribution is -2.30. The second kappa shape index (κ2) is 5.98. The van der Waals surface area contributed by atoms with Gasteiger partial charge in [0.2, 0.25) is 10.0 Å². The monoisotopic (exact) mass is 298 g/mol. The van der Waals surface area contributed by atoms with E-state index >= 15 is 0 Å². The molecule has 0 spiro atoms. The fraction of sp³-hybridized carbons (Fsp3) is 0.462. The maximum absolute atomic E-state index is 12.3. The van der Waals surface area contributed by atoms with E-state index in [2.05, 4.69) is 4.72 Å². The van der Waals surface area contributed by atoms with Crippen LogP contribution in [-0.2, 0) is 10.0 Å². The molecule has 0 aliphatic heterocycles. The van der Waals surface area contributed by atoms with Crippen molar-refractivity contribution in [1.82, 2.24) is 4.72 Å². The molecular formula is C13H18N2O2S2. The van der Waals surface area contributed by atoms with Gasteiger partial charge >= 0.3 is 0 Å². The molecule has 1 aromatic rings. The molecule has 104 valence electrons. The predicted octanol–water partition coefficient (Wildman–Crippen LogP) is 1.79. The molecule has 1 saturated carbocycles. The van der Waals surface area contributed by atoms with E-state index in [9.17, 15) is 8.42 Å². The fourth-order valence-corrected chi connectivity index (χ4v) is 4.00. The Hall–Kier alpha value is -0.980. The van der Waals surface area contributed by atoms with Gasteiger partial charge in [-0.05, 0) is 24.8 Å². The lowest BCUT2D eigenvalue weighted by atomic mass is 10.1. The number of benzene rings is 1. The van der Waals surface area contributed by atoms with Crippen LogP contribution in [0.15, 0.2) is 29.2 Å². The Morgan fingerprint density at radius 2 is 1.95 bits per heavy atom. The number of nitrogens with two attached hydrogens (primary N) is 1. The van der Waals surface area contributed by atoms with E-state index in [1.54, 1.807) is 18.2 Å². The Balaban J connectivity index is 2.17. The van der Waals surface area contributed by atoms with Crippen LogP contribution in [0.2, 0.25) is 0 Å². The minimum atomic E-state index is -3.54. The van der Waals surface area contributed by atoms with Gasteiger partial charge in [0, 0.05) is 12.1 Å². The van der Waals surface area contributed by atoms with Crippen molar-refractivity contribution < 1.29 is 8.42 Å². The SMILES string of the molecule is NC(=S)c1ccccc1S(=O)(=O)NCC1CCCC1. The summed E-state index contributed by atoms with van der Waals surface area (Å²) in [6.07, 6.45) is 4.57. The van der Waals surface area contributed by atoms with Gasteiger partial charge in [-0.1, -0.05) is 43.3 Å². The predicted molar refractivity (Wildman–Crippen MR) is 79.5 cm³/mol. The normalized spacial score (nSPS) is 16.6. The zero-order valence-corrected chi connectivity index (χ0v) is 12.3. The smallest absolute Gasteiger partial charge is 0.241 e. The quantitative estimate of drug-likeness (QED) is 0.813. The lowest BCUT2D eigenvalue weighted by molar-refractivity contribution is 0.519. The second-order valence-corrected chi connectivity index (χ2v) is 7.04. The molecule has 1 aromatic carbocycles. The molecule has 0 unspecified atom stereocenters. The molecule has 0 atom stereocenters. The van der Waals surface area contributed by atoms with Gasteiger partial charge in [-0.2, -0.15) is 0 Å². The molecule has 6 heteroatoms. The van der Waals surface area contributed by atoms with Crippen LogP contribution in [0, 0.1) is 5.92 Å². The third kappa shape index (κ3) is 3.52. The van der Waals surface area contributed by atoms with Crippen LogP contribution in [0.1, 0.15) is 31.2 Å². The summed E-state index contributed by atoms with van der Waals surface area (Å²) < 4.78 is 27.2. The first-order valence-corrected chi connectivity index (χ1v) is 8.28. The summed E-state index contributed by atoms with van der Waals surface area (Å²) in [7, 11) is -3.54. The third-order valence-corrected chi connectivity index (χ3v) is 5.18. The average molecular weight is 298 g/mol. The maximum atomic E-state index is 12.3. The van der Waals surface area contributed by atoms with Crippen molar-refractivity contribution in [3.63, 3.8) is 0 Å². The van der Waals surface area contributed by atoms with Crippen LogP contribution in [0.3, 0.4) is 0 Å². The van der Waals surface area contributed by atoms with Crippen molar-refractivity contribution in [2.45, 2.75) is 30.6 Å². The Labute approximate surface area is 119 Å². The minimum Gasteiger partial charge on any atom is -0.389 e. The molecule has 0 saturated heterocycles. The van der Waals surface area contributed by atoms with Crippen LogP contribution in [0.25, 0.3) is 0 Å². The van der Waals surface area contributed by atoms with Gasteiger partial charge in [0.05, 0.1) is 4.90 Å². The highest BCUT2D eigenvalue weighted by atomic mass is 32.2. The van der Waals surface area contributed by atoms with Gasteiger partial charge in [-0.3, -0.25) is 0 Å². The van der Waals surface area contributed by atoms with Crippen molar-refractivity contribution >= 4 is 27.2 Å². The number of hydrogen-bond acceptors (Lipinski definition) is 3. The van der Waals surface area contributed by atoms with Crippen LogP contribution < -0.4 is 10.5 Å². The van der Waals surface area contributed by atoms with Crippen LogP contribution in [0.4, 0.5) is 0 Å². The Bertz CT molecular complexity index is 564. The van der Waals surface area contributed by atoms with Crippen LogP contribution >= 0.6 is 12.2 Å². The highest BCUT2D eigenvalue weighted by Crippen LogP contribution is 2.24. The molecule has 0 aromatic heterocycles. The van der Waals surface area contributed by atoms with Crippen molar-refractivity contribution in [1.29, 1.82) is 0 Å². The summed E-state index contributed by atoms with van der Waals surface area (Å²) in [5.41, 5.74) is 5.97. The van der Waals surface area contributed by atoms with E-state index in [0.29, 0.717) is 18.0 Å². The standard InChI is InChI=1S/C13H18N2O2S2/c14-13(18)11-7-3-4-8-12(11)19(16,17)15-9-10-5-1-2-6-10/h3-4,7-8,10,15H,1-2,5-6,9H2,(H2,14,18). The van der Waals surface area contributed by atoms with Gasteiger partial charge in [-0.15, -0.1) is 0 Å². The Kier molecular flexibility index (Phi) is 4.54. The lowest BCUT2D eigenvalue weighted by Gasteiger charge is -2.13. The summed E-state index contributed by atoms with van der Waals surface area (Å²) >= 11 is 4.90. The van der Waals surface area contributed by atoms with Gasteiger partial charge < -0.3 is 5.73 Å². The van der Waals surface area contributed by atoms with Crippen molar-refractivity contribution in [2.75, 3.05) is 6.54 Å². The summed E-state index contributed by atoms with van der Waals surface area (Å²) in [4.78, 5) is 0.266. The molecule has 1 aliphatic carbocycles. The van der Waals surface area contributed by atoms with Gasteiger partial charge in [0.1, 0.15) is 4.99 Å². The van der Waals surface area contributed by atoms with E-state index in [1.807, 2.05) is 0 Å². The largest absolute Gasteiger partial charge is 0.389 e. The highest BCUT2D eigenvalue weighted by molar-refractivity contribution is 7.89. The molecule has 0 bridgehead atoms. The molecule has 1 fully saturated rings. The first-order chi connectivity index (χ1) is 9.00. The zero-order chi connectivity index (χ0) is 13.9. The first kappa shape index (κ1) is 14.4. The van der Waals surface area contributed by atoms with Crippen molar-refractivity contribution in [3.05, 3.63) is 29.8 Å². The zero-order valence-electron chi connectivity index (χ0n) is 10.6. The van der Waals surface area contributed by atoms with Crippen molar-refractivity contribution in [2.24, 2.45) is 11.7 Å². The molecule has 0 heterocycles. The van der Waals surface area contributed by atoms with E-state index in [-0.39, 0.29) is 9.88 Å². The molecule has 1 aliphatic rings. The number of rotatable bonds is 5. The number of sulfonamides is 1. The van der Waals surface area contributed by atoms with Gasteiger partial charge in [0.15, 0.2) is 0 Å². The van der Waals surface area contributed by atoms with Gasteiger partial charge in [-0.25, -0.2) is 13.1 Å². The van der Waals surface area contributed by atoms with Crippen LogP contribution in [-0.4, -0.2) is 20.0 Å². The Morgan fingerprint density at radius 3 is 2.58 bits per heavy atom. The third-order valence-electron chi connectivity index (χ3n) is 3.48. The average Bonchev–Trinajstić information content (AvgIpc) is 2.89. The van der Waals surface area contributed by atoms with Crippen molar-refractivity contribution in [3.8, 4) is 0 Å². The summed E-state index contributed by atoms with van der Waals surface area (Å²) in [5, 5.41) is 0. The molecular weight excluding hydrogens is 280 g/mol. The van der Waals surface area contributed by atoms with E-state index in [0.717, 1.165) is 12.8 Å². The molecule has 0 radical (unpaired) electrons. The number of nitrogens with one attached hydrogen (secondary N) is 1. The molecule has 19 heavy (non-hydrogen) atoms. The van der Waals surface area contributed by atoms with E-state index in [1.165, 1.54) is 18.9 Å². The Morgan fingerprint density at radius 1 is 1.32 bits per heavy atom. The maximum Gasteiger partial charge on any atom is 0.241 e. The molecule has 4 nitrogen and oxygen atoms in total. The molecule has 2 rings (SSSR count). The molecule has 3 N–H and O–H groups in total. The van der Waals surface area contributed by atoms with Gasteiger partial charge in [0.25, 0.3) is 0 Å². The number of thiocarbonyl (C=S) groups is 1. The second-order valence-electron chi connectivity index (χ2n) is 4.86. The number of hydrogen-bond donors (Lipinski definition) is 2. The molecule has 0 amide bonds. The summed E-state index contributed by atoms with van der Waals surface area (Å²) in [6.45, 7) is 0.494. The minimum absolute atomic E-state index is 0.0989. The summed E-state index contributed by atoms with van der Waals surface area (Å²) in [5.74, 6) is 0.451.